The first-order valence-electron chi connectivity index (χ1n) is 5.52. The maximum absolute atomic E-state index is 11.9. The molecule has 2 heteroatoms. The fourth-order valence-electron chi connectivity index (χ4n) is 6.11. The van der Waals surface area contributed by atoms with E-state index in [1.807, 2.05) is 0 Å². The number of carbonyl (C=O) groups is 1. The first kappa shape index (κ1) is 6.18. The lowest BCUT2D eigenvalue weighted by atomic mass is 9.59. The average molecular weight is 176 g/mol. The number of aliphatic hydroxyl groups excluding tert-OH is 1. The van der Waals surface area contributed by atoms with Gasteiger partial charge in [0.2, 0.25) is 0 Å². The van der Waals surface area contributed by atoms with E-state index < -0.39 is 0 Å². The molecule has 68 valence electrons. The summed E-state index contributed by atoms with van der Waals surface area (Å²) in [7, 11) is 0. The van der Waals surface area contributed by atoms with Crippen molar-refractivity contribution >= 4 is 5.78 Å². The molecule has 0 aromatic rings. The summed E-state index contributed by atoms with van der Waals surface area (Å²) in [6, 6.07) is 0. The number of hydrogen-bond acceptors (Lipinski definition) is 2. The lowest BCUT2D eigenvalue weighted by Crippen LogP contribution is -2.49. The summed E-state index contributed by atoms with van der Waals surface area (Å²) in [5.41, 5.74) is 0. The number of carbonyl (C=O) groups excluding carboxylic acids is 1. The Labute approximate surface area is 76.3 Å². The fourth-order valence-corrected chi connectivity index (χ4v) is 6.11. The lowest BCUT2D eigenvalue weighted by molar-refractivity contribution is -0.141. The van der Waals surface area contributed by atoms with Crippen LogP contribution in [0.4, 0.5) is 0 Å². The Bertz CT molecular complexity index is 350. The van der Waals surface area contributed by atoms with Crippen molar-refractivity contribution in [3.63, 3.8) is 0 Å². The highest BCUT2D eigenvalue weighted by Gasteiger charge is 2.83. The fraction of sp³-hybridized carbons (Fsp3) is 0.909. The molecule has 0 aliphatic heterocycles. The molecule has 0 heterocycles. The monoisotopic (exact) mass is 176 g/mol. The van der Waals surface area contributed by atoms with Gasteiger partial charge in [0, 0.05) is 11.8 Å². The smallest absolute Gasteiger partial charge is 0.140 e. The van der Waals surface area contributed by atoms with Gasteiger partial charge in [0.25, 0.3) is 0 Å². The number of rotatable bonds is 0. The highest BCUT2D eigenvalue weighted by molar-refractivity contribution is 5.91. The molecule has 0 aromatic carbocycles. The SMILES string of the molecule is O=C1[C@@H]2[C@H]3C[C@@H]4[C@H]5[C@H]([C@@H](O)[C@@H]42)[C@@H]1[C@H]35. The summed E-state index contributed by atoms with van der Waals surface area (Å²) < 4.78 is 0. The molecule has 1 N–H and O–H groups in total. The molecule has 0 saturated heterocycles. The number of fused-ring (bicyclic) bond motifs is 2. The minimum atomic E-state index is -0.0913. The van der Waals surface area contributed by atoms with Gasteiger partial charge in [-0.05, 0) is 41.9 Å². The van der Waals surface area contributed by atoms with Crippen molar-refractivity contribution < 1.29 is 9.90 Å². The minimum absolute atomic E-state index is 0.0913. The van der Waals surface area contributed by atoms with E-state index in [0.29, 0.717) is 35.4 Å². The first-order valence-corrected chi connectivity index (χ1v) is 5.52. The summed E-state index contributed by atoms with van der Waals surface area (Å²) in [5.74, 6) is 4.97. The van der Waals surface area contributed by atoms with Crippen molar-refractivity contribution in [2.75, 3.05) is 0 Å². The van der Waals surface area contributed by atoms with Crippen LogP contribution in [0.5, 0.6) is 0 Å². The second-order valence-electron chi connectivity index (χ2n) is 5.82. The molecule has 0 radical (unpaired) electrons. The van der Waals surface area contributed by atoms with Gasteiger partial charge in [0.15, 0.2) is 0 Å². The highest BCUT2D eigenvalue weighted by atomic mass is 16.3. The van der Waals surface area contributed by atoms with Crippen molar-refractivity contribution in [3.8, 4) is 0 Å². The van der Waals surface area contributed by atoms with Crippen LogP contribution in [-0.2, 0) is 4.79 Å². The zero-order valence-corrected chi connectivity index (χ0v) is 7.26. The van der Waals surface area contributed by atoms with Gasteiger partial charge in [-0.2, -0.15) is 0 Å². The van der Waals surface area contributed by atoms with Crippen LogP contribution in [-0.4, -0.2) is 17.0 Å². The second kappa shape index (κ2) is 1.40. The molecule has 5 aliphatic rings. The van der Waals surface area contributed by atoms with E-state index in [2.05, 4.69) is 0 Å². The molecule has 0 amide bonds. The Kier molecular flexibility index (Phi) is 0.666. The average Bonchev–Trinajstić information content (AvgIpc) is 2.52. The summed E-state index contributed by atoms with van der Waals surface area (Å²) in [6.45, 7) is 0. The summed E-state index contributed by atoms with van der Waals surface area (Å²) in [4.78, 5) is 11.9. The molecule has 0 aromatic heterocycles. The maximum atomic E-state index is 11.9. The van der Waals surface area contributed by atoms with Gasteiger partial charge in [0.05, 0.1) is 6.10 Å². The van der Waals surface area contributed by atoms with Crippen LogP contribution < -0.4 is 0 Å². The number of aliphatic hydroxyl groups is 1. The molecule has 0 spiro atoms. The molecular formula is C11H12O2. The molecule has 9 atom stereocenters. The molecule has 5 fully saturated rings. The van der Waals surface area contributed by atoms with Gasteiger partial charge >= 0.3 is 0 Å². The number of Topliss-reactive ketones (excluding diaryl/α,β-unsaturated/α-hetero) is 1. The van der Waals surface area contributed by atoms with Crippen molar-refractivity contribution in [2.24, 2.45) is 47.3 Å². The zero-order valence-electron chi connectivity index (χ0n) is 7.26. The Morgan fingerprint density at radius 2 is 1.85 bits per heavy atom. The molecule has 13 heavy (non-hydrogen) atoms. The van der Waals surface area contributed by atoms with Crippen LogP contribution in [0.3, 0.4) is 0 Å². The van der Waals surface area contributed by atoms with E-state index in [4.69, 9.17) is 0 Å². The number of hydrogen-bond donors (Lipinski definition) is 1. The normalized spacial score (nSPS) is 79.8. The highest BCUT2D eigenvalue weighted by Crippen LogP contribution is 2.81. The zero-order chi connectivity index (χ0) is 8.48. The molecule has 2 bridgehead atoms. The van der Waals surface area contributed by atoms with Crippen molar-refractivity contribution in [1.82, 2.24) is 0 Å². The van der Waals surface area contributed by atoms with Crippen LogP contribution >= 0.6 is 0 Å². The Balaban J connectivity index is 1.87. The van der Waals surface area contributed by atoms with Gasteiger partial charge in [-0.1, -0.05) is 0 Å². The molecule has 0 unspecified atom stereocenters. The molecule has 5 saturated carbocycles. The van der Waals surface area contributed by atoms with Crippen molar-refractivity contribution in [2.45, 2.75) is 12.5 Å². The molecule has 5 aliphatic carbocycles. The third-order valence-corrected chi connectivity index (χ3v) is 6.07. The quantitative estimate of drug-likeness (QED) is 0.576. The van der Waals surface area contributed by atoms with Crippen LogP contribution in [0.1, 0.15) is 6.42 Å². The Morgan fingerprint density at radius 3 is 2.69 bits per heavy atom. The minimum Gasteiger partial charge on any atom is -0.392 e. The molecular weight excluding hydrogens is 164 g/mol. The van der Waals surface area contributed by atoms with E-state index in [9.17, 15) is 9.90 Å². The first-order chi connectivity index (χ1) is 6.30. The van der Waals surface area contributed by atoms with Crippen LogP contribution in [0.2, 0.25) is 0 Å². The predicted molar refractivity (Wildman–Crippen MR) is 43.6 cm³/mol. The Morgan fingerprint density at radius 1 is 1.00 bits per heavy atom. The maximum Gasteiger partial charge on any atom is 0.140 e. The van der Waals surface area contributed by atoms with Crippen molar-refractivity contribution in [1.29, 1.82) is 0 Å². The topological polar surface area (TPSA) is 37.3 Å². The van der Waals surface area contributed by atoms with E-state index >= 15 is 0 Å². The predicted octanol–water partition coefficient (Wildman–Crippen LogP) is 0.304. The summed E-state index contributed by atoms with van der Waals surface area (Å²) >= 11 is 0. The van der Waals surface area contributed by atoms with Crippen LogP contribution in [0, 0.1) is 47.3 Å². The van der Waals surface area contributed by atoms with Crippen LogP contribution in [0.15, 0.2) is 0 Å². The van der Waals surface area contributed by atoms with E-state index in [1.54, 1.807) is 0 Å². The van der Waals surface area contributed by atoms with Gasteiger partial charge in [-0.15, -0.1) is 0 Å². The van der Waals surface area contributed by atoms with Gasteiger partial charge in [-0.3, -0.25) is 4.79 Å². The van der Waals surface area contributed by atoms with E-state index in [1.165, 1.54) is 6.42 Å². The van der Waals surface area contributed by atoms with E-state index in [0.717, 1.165) is 17.8 Å². The third-order valence-electron chi connectivity index (χ3n) is 6.07. The van der Waals surface area contributed by atoms with Crippen molar-refractivity contribution in [3.05, 3.63) is 0 Å². The Hall–Kier alpha value is -0.370. The van der Waals surface area contributed by atoms with Gasteiger partial charge < -0.3 is 5.11 Å². The van der Waals surface area contributed by atoms with Gasteiger partial charge in [-0.25, -0.2) is 0 Å². The number of ketones is 1. The standard InChI is InChI=1S/C11H12O2/c12-10-6-2-1-3-5-4(2)8(10)9(5)11(13)7(3)6/h2-10,12H,1H2/t2-,3+,4-,5-,6+,7-,8+,9+,10+/m1/s1. The van der Waals surface area contributed by atoms with Gasteiger partial charge in [0.1, 0.15) is 5.78 Å². The molecule has 2 nitrogen and oxygen atoms in total. The molecule has 5 rings (SSSR count). The summed E-state index contributed by atoms with van der Waals surface area (Å²) in [6.07, 6.45) is 1.19. The summed E-state index contributed by atoms with van der Waals surface area (Å²) in [5, 5.41) is 10.1. The van der Waals surface area contributed by atoms with Crippen LogP contribution in [0.25, 0.3) is 0 Å². The van der Waals surface area contributed by atoms with E-state index in [-0.39, 0.29) is 6.10 Å². The largest absolute Gasteiger partial charge is 0.392 e. The second-order valence-corrected chi connectivity index (χ2v) is 5.82. The third kappa shape index (κ3) is 0.349. The lowest BCUT2D eigenvalue weighted by Gasteiger charge is -2.45.